The van der Waals surface area contributed by atoms with Crippen molar-refractivity contribution in [3.8, 4) is 17.2 Å². The highest BCUT2D eigenvalue weighted by Gasteiger charge is 2.28. The maximum absolute atomic E-state index is 12.6. The number of methoxy groups -OCH3 is 2. The average Bonchev–Trinajstić information content (AvgIpc) is 3.09. The largest absolute Gasteiger partial charge is 0.497 e. The van der Waals surface area contributed by atoms with Gasteiger partial charge in [-0.1, -0.05) is 12.1 Å². The standard InChI is InChI=1S/C19H21NO4/c1-22-15-6-3-5-14(11-15)19(21)20-10-9-18(13-20)24-17-8-4-7-16(12-17)23-2/h3-8,11-12,18H,9-10,13H2,1-2H3. The molecule has 126 valence electrons. The Balaban J connectivity index is 1.63. The van der Waals surface area contributed by atoms with Crippen LogP contribution in [0.4, 0.5) is 0 Å². The molecule has 1 atom stereocenters. The van der Waals surface area contributed by atoms with E-state index >= 15 is 0 Å². The van der Waals surface area contributed by atoms with E-state index in [0.717, 1.165) is 17.9 Å². The lowest BCUT2D eigenvalue weighted by Gasteiger charge is -2.18. The van der Waals surface area contributed by atoms with Crippen LogP contribution >= 0.6 is 0 Å². The van der Waals surface area contributed by atoms with Crippen LogP contribution in [0.3, 0.4) is 0 Å². The molecule has 2 aromatic rings. The van der Waals surface area contributed by atoms with Crippen molar-refractivity contribution >= 4 is 5.91 Å². The monoisotopic (exact) mass is 327 g/mol. The summed E-state index contributed by atoms with van der Waals surface area (Å²) < 4.78 is 16.4. The third-order valence-corrected chi connectivity index (χ3v) is 4.09. The number of carbonyl (C=O) groups excluding carboxylic acids is 1. The van der Waals surface area contributed by atoms with Crippen molar-refractivity contribution in [1.82, 2.24) is 4.90 Å². The lowest BCUT2D eigenvalue weighted by molar-refractivity contribution is 0.0772. The van der Waals surface area contributed by atoms with Crippen LogP contribution < -0.4 is 14.2 Å². The molecular formula is C19H21NO4. The second kappa shape index (κ2) is 7.25. The van der Waals surface area contributed by atoms with Crippen LogP contribution in [-0.2, 0) is 0 Å². The van der Waals surface area contributed by atoms with Gasteiger partial charge in [0.1, 0.15) is 23.4 Å². The fraction of sp³-hybridized carbons (Fsp3) is 0.316. The molecule has 1 fully saturated rings. The van der Waals surface area contributed by atoms with E-state index < -0.39 is 0 Å². The third kappa shape index (κ3) is 3.62. The highest BCUT2D eigenvalue weighted by molar-refractivity contribution is 5.94. The molecule has 0 aliphatic carbocycles. The number of nitrogens with zero attached hydrogens (tertiary/aromatic N) is 1. The molecular weight excluding hydrogens is 306 g/mol. The van der Waals surface area contributed by atoms with Gasteiger partial charge in [-0.15, -0.1) is 0 Å². The summed E-state index contributed by atoms with van der Waals surface area (Å²) >= 11 is 0. The molecule has 0 bridgehead atoms. The van der Waals surface area contributed by atoms with E-state index in [1.807, 2.05) is 41.3 Å². The van der Waals surface area contributed by atoms with Gasteiger partial charge in [0.15, 0.2) is 0 Å². The molecule has 2 aromatic carbocycles. The van der Waals surface area contributed by atoms with Crippen LogP contribution in [0.5, 0.6) is 17.2 Å². The first-order valence-electron chi connectivity index (χ1n) is 7.93. The molecule has 0 spiro atoms. The van der Waals surface area contributed by atoms with Crippen LogP contribution in [0, 0.1) is 0 Å². The van der Waals surface area contributed by atoms with Crippen molar-refractivity contribution in [1.29, 1.82) is 0 Å². The molecule has 0 saturated carbocycles. The number of hydrogen-bond acceptors (Lipinski definition) is 4. The van der Waals surface area contributed by atoms with E-state index in [2.05, 4.69) is 0 Å². The second-order valence-electron chi connectivity index (χ2n) is 5.69. The molecule has 1 unspecified atom stereocenters. The molecule has 1 amide bonds. The summed E-state index contributed by atoms with van der Waals surface area (Å²) in [4.78, 5) is 14.4. The number of carbonyl (C=O) groups is 1. The normalized spacial score (nSPS) is 16.8. The van der Waals surface area contributed by atoms with Gasteiger partial charge in [0.25, 0.3) is 5.91 Å². The van der Waals surface area contributed by atoms with Crippen molar-refractivity contribution in [3.05, 3.63) is 54.1 Å². The SMILES string of the molecule is COc1cccc(OC2CCN(C(=O)c3cccc(OC)c3)C2)c1. The molecule has 24 heavy (non-hydrogen) atoms. The topological polar surface area (TPSA) is 48.0 Å². The minimum atomic E-state index is -0.00772. The third-order valence-electron chi connectivity index (χ3n) is 4.09. The van der Waals surface area contributed by atoms with Gasteiger partial charge in [-0.25, -0.2) is 0 Å². The van der Waals surface area contributed by atoms with Crippen LogP contribution in [0.25, 0.3) is 0 Å². The predicted octanol–water partition coefficient (Wildman–Crippen LogP) is 3.00. The Morgan fingerprint density at radius 3 is 2.42 bits per heavy atom. The van der Waals surface area contributed by atoms with E-state index in [1.165, 1.54) is 0 Å². The molecule has 0 N–H and O–H groups in total. The van der Waals surface area contributed by atoms with Gasteiger partial charge in [0.2, 0.25) is 0 Å². The fourth-order valence-electron chi connectivity index (χ4n) is 2.81. The minimum Gasteiger partial charge on any atom is -0.497 e. The molecule has 0 radical (unpaired) electrons. The van der Waals surface area contributed by atoms with Crippen molar-refractivity contribution in [2.24, 2.45) is 0 Å². The first kappa shape index (κ1) is 16.2. The van der Waals surface area contributed by atoms with E-state index in [1.54, 1.807) is 26.4 Å². The quantitative estimate of drug-likeness (QED) is 0.847. The number of benzene rings is 2. The Bertz CT molecular complexity index is 716. The van der Waals surface area contributed by atoms with Crippen LogP contribution in [0.1, 0.15) is 16.8 Å². The van der Waals surface area contributed by atoms with Crippen molar-refractivity contribution < 1.29 is 19.0 Å². The Hall–Kier alpha value is -2.69. The number of hydrogen-bond donors (Lipinski definition) is 0. The fourth-order valence-corrected chi connectivity index (χ4v) is 2.81. The van der Waals surface area contributed by atoms with E-state index in [4.69, 9.17) is 14.2 Å². The second-order valence-corrected chi connectivity index (χ2v) is 5.69. The minimum absolute atomic E-state index is 0.00522. The molecule has 1 heterocycles. The molecule has 1 aliphatic rings. The molecule has 5 nitrogen and oxygen atoms in total. The Morgan fingerprint density at radius 1 is 1.00 bits per heavy atom. The van der Waals surface area contributed by atoms with E-state index in [0.29, 0.717) is 24.4 Å². The number of amides is 1. The zero-order valence-electron chi connectivity index (χ0n) is 13.9. The average molecular weight is 327 g/mol. The lowest BCUT2D eigenvalue weighted by atomic mass is 10.2. The Kier molecular flexibility index (Phi) is 4.89. The summed E-state index contributed by atoms with van der Waals surface area (Å²) in [6.45, 7) is 1.26. The molecule has 0 aromatic heterocycles. The Morgan fingerprint density at radius 2 is 1.67 bits per heavy atom. The van der Waals surface area contributed by atoms with Crippen molar-refractivity contribution in [2.45, 2.75) is 12.5 Å². The van der Waals surface area contributed by atoms with E-state index in [9.17, 15) is 4.79 Å². The molecule has 3 rings (SSSR count). The van der Waals surface area contributed by atoms with Crippen LogP contribution in [0.2, 0.25) is 0 Å². The summed E-state index contributed by atoms with van der Waals surface area (Å²) in [6, 6.07) is 14.7. The van der Waals surface area contributed by atoms with Gasteiger partial charge in [-0.2, -0.15) is 0 Å². The first-order valence-corrected chi connectivity index (χ1v) is 7.93. The van der Waals surface area contributed by atoms with Gasteiger partial charge < -0.3 is 19.1 Å². The van der Waals surface area contributed by atoms with E-state index in [-0.39, 0.29) is 12.0 Å². The number of ether oxygens (including phenoxy) is 3. The van der Waals surface area contributed by atoms with Gasteiger partial charge in [-0.3, -0.25) is 4.79 Å². The maximum Gasteiger partial charge on any atom is 0.254 e. The molecule has 5 heteroatoms. The molecule has 1 saturated heterocycles. The molecule has 1 aliphatic heterocycles. The number of rotatable bonds is 5. The van der Waals surface area contributed by atoms with Crippen LogP contribution in [-0.4, -0.2) is 44.2 Å². The first-order chi connectivity index (χ1) is 11.7. The van der Waals surface area contributed by atoms with Gasteiger partial charge in [-0.05, 0) is 30.3 Å². The van der Waals surface area contributed by atoms with Crippen LogP contribution in [0.15, 0.2) is 48.5 Å². The maximum atomic E-state index is 12.6. The lowest BCUT2D eigenvalue weighted by Crippen LogP contribution is -2.30. The van der Waals surface area contributed by atoms with Crippen molar-refractivity contribution in [3.63, 3.8) is 0 Å². The summed E-state index contributed by atoms with van der Waals surface area (Å²) in [5, 5.41) is 0. The van der Waals surface area contributed by atoms with Gasteiger partial charge >= 0.3 is 0 Å². The summed E-state index contributed by atoms with van der Waals surface area (Å²) in [5.41, 5.74) is 0.636. The highest BCUT2D eigenvalue weighted by atomic mass is 16.5. The highest BCUT2D eigenvalue weighted by Crippen LogP contribution is 2.24. The zero-order valence-corrected chi connectivity index (χ0v) is 13.9. The smallest absolute Gasteiger partial charge is 0.254 e. The Labute approximate surface area is 141 Å². The summed E-state index contributed by atoms with van der Waals surface area (Å²) in [6.07, 6.45) is 0.805. The number of likely N-dealkylation sites (tertiary alicyclic amines) is 1. The van der Waals surface area contributed by atoms with Gasteiger partial charge in [0.05, 0.1) is 20.8 Å². The van der Waals surface area contributed by atoms with Gasteiger partial charge in [0, 0.05) is 24.6 Å². The predicted molar refractivity (Wildman–Crippen MR) is 90.9 cm³/mol. The van der Waals surface area contributed by atoms with Crippen molar-refractivity contribution in [2.75, 3.05) is 27.3 Å². The zero-order chi connectivity index (χ0) is 16.9. The summed E-state index contributed by atoms with van der Waals surface area (Å²) in [5.74, 6) is 2.21. The summed E-state index contributed by atoms with van der Waals surface area (Å²) in [7, 11) is 3.22.